The molecule has 0 spiro atoms. The molecule has 0 fully saturated rings. The number of hydrogen-bond donors (Lipinski definition) is 2. The Kier molecular flexibility index (Phi) is 4.67. The highest BCUT2D eigenvalue weighted by Gasteiger charge is 2.23. The van der Waals surface area contributed by atoms with Crippen LogP contribution in [-0.4, -0.2) is 37.8 Å². The quantitative estimate of drug-likeness (QED) is 0.405. The van der Waals surface area contributed by atoms with Gasteiger partial charge < -0.3 is 9.72 Å². The molecule has 3 heterocycles. The van der Waals surface area contributed by atoms with E-state index >= 15 is 0 Å². The molecule has 2 aromatic carbocycles. The number of H-pyrrole nitrogens is 2. The lowest BCUT2D eigenvalue weighted by atomic mass is 9.92. The van der Waals surface area contributed by atoms with Gasteiger partial charge in [-0.2, -0.15) is 5.10 Å². The van der Waals surface area contributed by atoms with Crippen LogP contribution in [0.3, 0.4) is 0 Å². The van der Waals surface area contributed by atoms with Gasteiger partial charge in [-0.05, 0) is 35.7 Å². The second kappa shape index (κ2) is 7.44. The number of hydrogen-bond acceptors (Lipinski definition) is 5. The van der Waals surface area contributed by atoms with Gasteiger partial charge in [-0.1, -0.05) is 39.0 Å². The van der Waals surface area contributed by atoms with Crippen molar-refractivity contribution < 1.29 is 9.53 Å². The van der Waals surface area contributed by atoms with Crippen LogP contribution in [-0.2, 0) is 10.2 Å². The second-order valence-electron chi connectivity index (χ2n) is 8.96. The van der Waals surface area contributed by atoms with Gasteiger partial charge in [-0.25, -0.2) is 9.78 Å². The average Bonchev–Trinajstić information content (AvgIpc) is 3.42. The molecule has 3 aromatic heterocycles. The first kappa shape index (κ1) is 20.7. The summed E-state index contributed by atoms with van der Waals surface area (Å²) < 4.78 is 6.69. The van der Waals surface area contributed by atoms with Gasteiger partial charge in [0.15, 0.2) is 11.6 Å². The molecule has 2 N–H and O–H groups in total. The molecule has 0 amide bonds. The Balaban J connectivity index is 1.81. The molecular weight excluding hydrogens is 418 g/mol. The van der Waals surface area contributed by atoms with Gasteiger partial charge in [0.2, 0.25) is 0 Å². The Morgan fingerprint density at radius 2 is 1.85 bits per heavy atom. The zero-order chi connectivity index (χ0) is 23.3. The second-order valence-corrected chi connectivity index (χ2v) is 8.96. The van der Waals surface area contributed by atoms with Crippen LogP contribution in [0.25, 0.3) is 39.1 Å². The molecule has 0 bridgehead atoms. The molecule has 8 nitrogen and oxygen atoms in total. The van der Waals surface area contributed by atoms with E-state index in [1.54, 1.807) is 18.2 Å². The van der Waals surface area contributed by atoms with Crippen molar-refractivity contribution in [1.29, 1.82) is 0 Å². The lowest BCUT2D eigenvalue weighted by Crippen LogP contribution is -2.12. The van der Waals surface area contributed by atoms with E-state index in [-0.39, 0.29) is 11.0 Å². The summed E-state index contributed by atoms with van der Waals surface area (Å²) >= 11 is 0. The molecule has 0 aliphatic carbocycles. The Labute approximate surface area is 189 Å². The number of carbonyl (C=O) groups excluding carboxylic acids is 1. The summed E-state index contributed by atoms with van der Waals surface area (Å²) in [5, 5.41) is 8.51. The molecule has 0 unspecified atom stereocenters. The number of ether oxygens (including phenoxy) is 1. The number of pyridine rings is 1. The number of nitrogens with one attached hydrogen (secondary N) is 2. The molecule has 166 valence electrons. The van der Waals surface area contributed by atoms with E-state index in [4.69, 9.17) is 9.72 Å². The number of fused-ring (bicyclic) bond motifs is 2. The Bertz CT molecular complexity index is 1580. The molecule has 0 aliphatic rings. The number of esters is 1. The van der Waals surface area contributed by atoms with Crippen LogP contribution in [0.1, 0.15) is 36.8 Å². The van der Waals surface area contributed by atoms with Crippen molar-refractivity contribution in [2.24, 2.45) is 0 Å². The fourth-order valence-corrected chi connectivity index (χ4v) is 3.86. The molecule has 5 rings (SSSR count). The first-order valence-corrected chi connectivity index (χ1v) is 10.6. The van der Waals surface area contributed by atoms with Crippen molar-refractivity contribution in [3.05, 3.63) is 76.2 Å². The maximum atomic E-state index is 13.1. The normalized spacial score (nSPS) is 11.9. The highest BCUT2D eigenvalue weighted by atomic mass is 16.5. The van der Waals surface area contributed by atoms with Crippen LogP contribution in [0.4, 0.5) is 0 Å². The smallest absolute Gasteiger partial charge is 0.337 e. The third-order valence-corrected chi connectivity index (χ3v) is 5.67. The van der Waals surface area contributed by atoms with E-state index in [1.165, 1.54) is 7.11 Å². The van der Waals surface area contributed by atoms with Gasteiger partial charge in [0.05, 0.1) is 29.3 Å². The molecule has 0 aliphatic heterocycles. The van der Waals surface area contributed by atoms with E-state index in [1.807, 2.05) is 41.0 Å². The van der Waals surface area contributed by atoms with Crippen LogP contribution in [0.5, 0.6) is 0 Å². The number of imidazole rings is 1. The number of aromatic nitrogens is 5. The van der Waals surface area contributed by atoms with E-state index in [2.05, 4.69) is 36.0 Å². The number of rotatable bonds is 3. The monoisotopic (exact) mass is 441 g/mol. The van der Waals surface area contributed by atoms with Crippen molar-refractivity contribution >= 4 is 27.9 Å². The average molecular weight is 441 g/mol. The summed E-state index contributed by atoms with van der Waals surface area (Å²) in [7, 11) is 1.34. The number of carbonyl (C=O) groups is 1. The molecule has 8 heteroatoms. The summed E-state index contributed by atoms with van der Waals surface area (Å²) in [5.41, 5.74) is 3.36. The van der Waals surface area contributed by atoms with Crippen LogP contribution in [0.15, 0.2) is 59.4 Å². The van der Waals surface area contributed by atoms with Gasteiger partial charge >= 0.3 is 5.97 Å². The maximum absolute atomic E-state index is 13.1. The van der Waals surface area contributed by atoms with Crippen LogP contribution in [0, 0.1) is 0 Å². The van der Waals surface area contributed by atoms with Crippen LogP contribution < -0.4 is 5.56 Å². The molecule has 5 aromatic rings. The van der Waals surface area contributed by atoms with E-state index < -0.39 is 5.97 Å². The van der Waals surface area contributed by atoms with Gasteiger partial charge in [0.25, 0.3) is 5.56 Å². The minimum Gasteiger partial charge on any atom is -0.465 e. The minimum atomic E-state index is -0.452. The van der Waals surface area contributed by atoms with Gasteiger partial charge in [-0.15, -0.1) is 0 Å². The fraction of sp³-hybridized carbons (Fsp3) is 0.200. The van der Waals surface area contributed by atoms with Crippen molar-refractivity contribution in [3.8, 4) is 17.2 Å². The van der Waals surface area contributed by atoms with E-state index in [0.29, 0.717) is 28.3 Å². The minimum absolute atomic E-state index is 0.139. The van der Waals surface area contributed by atoms with E-state index in [9.17, 15) is 9.59 Å². The van der Waals surface area contributed by atoms with Gasteiger partial charge in [-0.3, -0.25) is 14.5 Å². The number of nitrogens with zero attached hydrogens (tertiary/aromatic N) is 3. The summed E-state index contributed by atoms with van der Waals surface area (Å²) in [6.07, 6.45) is 0. The third kappa shape index (κ3) is 3.49. The predicted octanol–water partition coefficient (Wildman–Crippen LogP) is 4.34. The summed E-state index contributed by atoms with van der Waals surface area (Å²) in [6, 6.07) is 16.5. The SMILES string of the molecule is COC(=O)c1ccc2c(c1)nc(-c1cc3ccccc3[nH]c1=O)n2-c1cc(C(C)(C)C)[nH]n1. The van der Waals surface area contributed by atoms with Gasteiger partial charge in [0.1, 0.15) is 0 Å². The largest absolute Gasteiger partial charge is 0.465 e. The van der Waals surface area contributed by atoms with Gasteiger partial charge in [0, 0.05) is 22.7 Å². The standard InChI is InChI=1S/C25H23N5O3/c1-25(2,3)20-13-21(29-28-20)30-19-10-9-15(24(32)33-4)12-18(19)26-22(30)16-11-14-7-5-6-8-17(14)27-23(16)31/h5-13H,1-4H3,(H,27,31)(H,28,29). The molecule has 0 saturated heterocycles. The van der Waals surface area contributed by atoms with Crippen LogP contribution >= 0.6 is 0 Å². The molecule has 0 saturated carbocycles. The first-order chi connectivity index (χ1) is 15.8. The predicted molar refractivity (Wildman–Crippen MR) is 127 cm³/mol. The Morgan fingerprint density at radius 3 is 2.58 bits per heavy atom. The molecule has 33 heavy (non-hydrogen) atoms. The lowest BCUT2D eigenvalue weighted by Gasteiger charge is -2.14. The zero-order valence-electron chi connectivity index (χ0n) is 18.8. The number of methoxy groups -OCH3 is 1. The summed E-state index contributed by atoms with van der Waals surface area (Å²) in [5.74, 6) is 0.591. The third-order valence-electron chi connectivity index (χ3n) is 5.67. The first-order valence-electron chi connectivity index (χ1n) is 10.6. The molecule has 0 atom stereocenters. The highest BCUT2D eigenvalue weighted by molar-refractivity contribution is 5.95. The fourth-order valence-electron chi connectivity index (χ4n) is 3.86. The number of benzene rings is 2. The van der Waals surface area contributed by atoms with Crippen molar-refractivity contribution in [2.75, 3.05) is 7.11 Å². The van der Waals surface area contributed by atoms with Crippen molar-refractivity contribution in [1.82, 2.24) is 24.7 Å². The zero-order valence-corrected chi connectivity index (χ0v) is 18.8. The Hall–Kier alpha value is -4.20. The Morgan fingerprint density at radius 1 is 1.06 bits per heavy atom. The van der Waals surface area contributed by atoms with Crippen molar-refractivity contribution in [2.45, 2.75) is 26.2 Å². The number of aromatic amines is 2. The maximum Gasteiger partial charge on any atom is 0.337 e. The number of para-hydroxylation sites is 1. The molecular formula is C25H23N5O3. The highest BCUT2D eigenvalue weighted by Crippen LogP contribution is 2.30. The topological polar surface area (TPSA) is 106 Å². The van der Waals surface area contributed by atoms with E-state index in [0.717, 1.165) is 22.1 Å². The molecule has 0 radical (unpaired) electrons. The van der Waals surface area contributed by atoms with Crippen LogP contribution in [0.2, 0.25) is 0 Å². The van der Waals surface area contributed by atoms with Crippen molar-refractivity contribution in [3.63, 3.8) is 0 Å². The summed E-state index contributed by atoms with van der Waals surface area (Å²) in [6.45, 7) is 6.27. The summed E-state index contributed by atoms with van der Waals surface area (Å²) in [4.78, 5) is 32.8. The lowest BCUT2D eigenvalue weighted by molar-refractivity contribution is 0.0601.